The summed E-state index contributed by atoms with van der Waals surface area (Å²) in [5.74, 6) is 0.782. The van der Waals surface area contributed by atoms with E-state index in [1.165, 1.54) is 32.1 Å². The Balaban J connectivity index is 1.74. The molecular formula is C20H36N4OS. The molecule has 0 saturated heterocycles. The molecule has 0 radical (unpaired) electrons. The second kappa shape index (κ2) is 10.9. The predicted octanol–water partition coefficient (Wildman–Crippen LogP) is 3.17. The Labute approximate surface area is 162 Å². The topological polar surface area (TPSA) is 59.9 Å². The summed E-state index contributed by atoms with van der Waals surface area (Å²) < 4.78 is 0. The molecule has 1 aromatic rings. The number of nitrogens with one attached hydrogen (secondary N) is 2. The Bertz CT molecular complexity index is 524. The highest BCUT2D eigenvalue weighted by Crippen LogP contribution is 2.25. The van der Waals surface area contributed by atoms with E-state index in [0.717, 1.165) is 42.9 Å². The first-order valence-corrected chi connectivity index (χ1v) is 10.9. The third-order valence-electron chi connectivity index (χ3n) is 5.12. The van der Waals surface area contributed by atoms with E-state index >= 15 is 0 Å². The van der Waals surface area contributed by atoms with Crippen molar-refractivity contribution in [2.75, 3.05) is 33.2 Å². The monoisotopic (exact) mass is 380 g/mol. The first kappa shape index (κ1) is 21.2. The number of aliphatic hydroxyl groups is 1. The van der Waals surface area contributed by atoms with Gasteiger partial charge in [-0.2, -0.15) is 0 Å². The minimum absolute atomic E-state index is 0.352. The second-order valence-corrected chi connectivity index (χ2v) is 8.45. The Kier molecular flexibility index (Phi) is 8.88. The number of aliphatic imine (C=N–C) groups is 1. The molecule has 1 unspecified atom stereocenters. The molecule has 0 aliphatic heterocycles. The van der Waals surface area contributed by atoms with E-state index in [4.69, 9.17) is 0 Å². The number of nitrogens with zero attached hydrogens (tertiary/aromatic N) is 2. The van der Waals surface area contributed by atoms with Crippen LogP contribution in [0, 0.1) is 0 Å². The highest BCUT2D eigenvalue weighted by molar-refractivity contribution is 7.10. The van der Waals surface area contributed by atoms with E-state index in [0.29, 0.717) is 6.54 Å². The standard InChI is InChI=1S/C20H36N4OS/c1-4-21-19(23-16-20(2,25)18-12-8-15-26-18)22-13-9-14-24(3)17-10-6-5-7-11-17/h8,12,15,17,25H,4-7,9-11,13-14,16H2,1-3H3,(H2,21,22,23). The van der Waals surface area contributed by atoms with Crippen LogP contribution >= 0.6 is 11.3 Å². The van der Waals surface area contributed by atoms with Crippen LogP contribution in [0.5, 0.6) is 0 Å². The van der Waals surface area contributed by atoms with Crippen LogP contribution in [0.15, 0.2) is 22.5 Å². The third-order valence-corrected chi connectivity index (χ3v) is 6.24. The van der Waals surface area contributed by atoms with Crippen LogP contribution in [0.2, 0.25) is 0 Å². The van der Waals surface area contributed by atoms with Crippen LogP contribution in [-0.4, -0.2) is 55.2 Å². The first-order valence-electron chi connectivity index (χ1n) is 10.0. The van der Waals surface area contributed by atoms with Gasteiger partial charge < -0.3 is 20.6 Å². The Hall–Kier alpha value is -1.11. The first-order chi connectivity index (χ1) is 12.5. The number of hydrogen-bond donors (Lipinski definition) is 3. The lowest BCUT2D eigenvalue weighted by Crippen LogP contribution is -2.40. The predicted molar refractivity (Wildman–Crippen MR) is 112 cm³/mol. The zero-order valence-electron chi connectivity index (χ0n) is 16.6. The maximum Gasteiger partial charge on any atom is 0.191 e. The molecule has 0 amide bonds. The lowest BCUT2D eigenvalue weighted by molar-refractivity contribution is 0.0711. The Morgan fingerprint density at radius 3 is 2.77 bits per heavy atom. The van der Waals surface area contributed by atoms with Crippen molar-refractivity contribution in [3.8, 4) is 0 Å². The van der Waals surface area contributed by atoms with Gasteiger partial charge in [0.1, 0.15) is 5.60 Å². The molecule has 3 N–H and O–H groups in total. The summed E-state index contributed by atoms with van der Waals surface area (Å²) in [5, 5.41) is 19.3. The number of guanidine groups is 1. The minimum atomic E-state index is -0.919. The minimum Gasteiger partial charge on any atom is -0.383 e. The van der Waals surface area contributed by atoms with Gasteiger partial charge >= 0.3 is 0 Å². The maximum absolute atomic E-state index is 10.6. The molecule has 1 aromatic heterocycles. The number of hydrogen-bond acceptors (Lipinski definition) is 4. The lowest BCUT2D eigenvalue weighted by atomic mass is 9.94. The van der Waals surface area contributed by atoms with Crippen molar-refractivity contribution in [1.82, 2.24) is 15.5 Å². The zero-order valence-corrected chi connectivity index (χ0v) is 17.4. The molecule has 1 atom stereocenters. The van der Waals surface area contributed by atoms with E-state index < -0.39 is 5.60 Å². The highest BCUT2D eigenvalue weighted by Gasteiger charge is 2.24. The van der Waals surface area contributed by atoms with Gasteiger partial charge in [0, 0.05) is 24.0 Å². The summed E-state index contributed by atoms with van der Waals surface area (Å²) in [4.78, 5) is 8.06. The van der Waals surface area contributed by atoms with Crippen molar-refractivity contribution in [3.05, 3.63) is 22.4 Å². The van der Waals surface area contributed by atoms with Crippen molar-refractivity contribution >= 4 is 17.3 Å². The second-order valence-electron chi connectivity index (χ2n) is 7.50. The molecule has 2 rings (SSSR count). The van der Waals surface area contributed by atoms with Crippen LogP contribution in [-0.2, 0) is 5.60 Å². The van der Waals surface area contributed by atoms with Crippen LogP contribution in [0.1, 0.15) is 57.2 Å². The summed E-state index contributed by atoms with van der Waals surface area (Å²) in [6.45, 7) is 7.06. The van der Waals surface area contributed by atoms with Crippen molar-refractivity contribution in [2.24, 2.45) is 4.99 Å². The van der Waals surface area contributed by atoms with E-state index in [1.807, 2.05) is 24.4 Å². The van der Waals surface area contributed by atoms with Gasteiger partial charge in [0.25, 0.3) is 0 Å². The van der Waals surface area contributed by atoms with Gasteiger partial charge in [-0.25, -0.2) is 4.99 Å². The average Bonchev–Trinajstić information content (AvgIpc) is 3.19. The molecule has 0 spiro atoms. The molecule has 1 fully saturated rings. The summed E-state index contributed by atoms with van der Waals surface area (Å²) in [7, 11) is 2.26. The molecule has 1 aliphatic carbocycles. The summed E-state index contributed by atoms with van der Waals surface area (Å²) in [5.41, 5.74) is -0.919. The van der Waals surface area contributed by atoms with Gasteiger partial charge in [0.15, 0.2) is 5.96 Å². The van der Waals surface area contributed by atoms with Gasteiger partial charge in [0.2, 0.25) is 0 Å². The summed E-state index contributed by atoms with van der Waals surface area (Å²) in [6.07, 6.45) is 7.98. The van der Waals surface area contributed by atoms with Crippen LogP contribution in [0.25, 0.3) is 0 Å². The van der Waals surface area contributed by atoms with Gasteiger partial charge in [-0.1, -0.05) is 25.3 Å². The summed E-state index contributed by atoms with van der Waals surface area (Å²) in [6, 6.07) is 4.69. The van der Waals surface area contributed by atoms with Crippen molar-refractivity contribution in [3.63, 3.8) is 0 Å². The highest BCUT2D eigenvalue weighted by atomic mass is 32.1. The molecule has 148 valence electrons. The smallest absolute Gasteiger partial charge is 0.191 e. The van der Waals surface area contributed by atoms with E-state index in [2.05, 4.69) is 34.5 Å². The number of rotatable bonds is 9. The van der Waals surface area contributed by atoms with Gasteiger partial charge in [-0.15, -0.1) is 11.3 Å². The van der Waals surface area contributed by atoms with E-state index in [9.17, 15) is 5.11 Å². The maximum atomic E-state index is 10.6. The fraction of sp³-hybridized carbons (Fsp3) is 0.750. The van der Waals surface area contributed by atoms with Gasteiger partial charge in [-0.05, 0) is 58.1 Å². The van der Waals surface area contributed by atoms with Crippen molar-refractivity contribution in [1.29, 1.82) is 0 Å². The number of thiophene rings is 1. The third kappa shape index (κ3) is 6.89. The molecular weight excluding hydrogens is 344 g/mol. The Morgan fingerprint density at radius 1 is 1.35 bits per heavy atom. The molecule has 1 saturated carbocycles. The van der Waals surface area contributed by atoms with Gasteiger partial charge in [0.05, 0.1) is 6.54 Å². The van der Waals surface area contributed by atoms with Gasteiger partial charge in [-0.3, -0.25) is 0 Å². The average molecular weight is 381 g/mol. The zero-order chi connectivity index (χ0) is 18.8. The molecule has 0 aromatic carbocycles. The molecule has 1 heterocycles. The quantitative estimate of drug-likeness (QED) is 0.350. The largest absolute Gasteiger partial charge is 0.383 e. The normalized spacial score (nSPS) is 18.7. The molecule has 6 heteroatoms. The van der Waals surface area contributed by atoms with Crippen molar-refractivity contribution < 1.29 is 5.11 Å². The molecule has 26 heavy (non-hydrogen) atoms. The Morgan fingerprint density at radius 2 is 2.12 bits per heavy atom. The summed E-state index contributed by atoms with van der Waals surface area (Å²) >= 11 is 1.57. The molecule has 1 aliphatic rings. The van der Waals surface area contributed by atoms with E-state index in [-0.39, 0.29) is 0 Å². The lowest BCUT2D eigenvalue weighted by Gasteiger charge is -2.31. The van der Waals surface area contributed by atoms with E-state index in [1.54, 1.807) is 11.3 Å². The fourth-order valence-electron chi connectivity index (χ4n) is 3.48. The van der Waals surface area contributed by atoms with Crippen LogP contribution < -0.4 is 10.6 Å². The SMILES string of the molecule is CCNC(=NCC(C)(O)c1cccs1)NCCCN(C)C1CCCCC1. The fourth-order valence-corrected chi connectivity index (χ4v) is 4.26. The van der Waals surface area contributed by atoms with Crippen molar-refractivity contribution in [2.45, 2.75) is 64.0 Å². The van der Waals surface area contributed by atoms with Crippen LogP contribution in [0.4, 0.5) is 0 Å². The molecule has 0 bridgehead atoms. The molecule has 5 nitrogen and oxygen atoms in total. The van der Waals surface area contributed by atoms with Crippen LogP contribution in [0.3, 0.4) is 0 Å².